The van der Waals surface area contributed by atoms with Crippen molar-refractivity contribution in [2.75, 3.05) is 40.0 Å². The fourth-order valence-electron chi connectivity index (χ4n) is 1.82. The monoisotopic (exact) mass is 255 g/mol. The van der Waals surface area contributed by atoms with Gasteiger partial charge in [-0.1, -0.05) is 0 Å². The van der Waals surface area contributed by atoms with E-state index in [1.807, 2.05) is 4.90 Å². The van der Waals surface area contributed by atoms with Gasteiger partial charge in [-0.3, -0.25) is 0 Å². The van der Waals surface area contributed by atoms with E-state index in [4.69, 9.17) is 14.9 Å². The second-order valence-corrected chi connectivity index (χ2v) is 3.89. The maximum Gasteiger partial charge on any atom is 0.343 e. The molecule has 0 atom stereocenters. The Hall–Kier alpha value is -1.56. The predicted octanol–water partition coefficient (Wildman–Crippen LogP) is 0.352. The van der Waals surface area contributed by atoms with Crippen molar-refractivity contribution in [3.05, 3.63) is 11.4 Å². The molecular formula is C12H21N3O3. The minimum atomic E-state index is -0.459. The first kappa shape index (κ1) is 14.5. The second kappa shape index (κ2) is 7.71. The highest BCUT2D eigenvalue weighted by Crippen LogP contribution is 2.12. The minimum absolute atomic E-state index is 0.271. The van der Waals surface area contributed by atoms with E-state index in [1.165, 1.54) is 0 Å². The standard InChI is InChI=1S/C12H21N3O3/c1-3-18-12(16)10(9-13)11-14-5-4-6-15(11)7-8-17-2/h9,13-14H,3-8H2,1-2H3/b11-10-,13-9?. The number of nitrogens with zero attached hydrogens (tertiary/aromatic N) is 1. The number of carbonyl (C=O) groups excluding carboxylic acids is 1. The molecule has 1 rings (SSSR count). The smallest absolute Gasteiger partial charge is 0.343 e. The molecular weight excluding hydrogens is 234 g/mol. The van der Waals surface area contributed by atoms with Crippen molar-refractivity contribution in [1.82, 2.24) is 10.2 Å². The Morgan fingerprint density at radius 1 is 1.61 bits per heavy atom. The summed E-state index contributed by atoms with van der Waals surface area (Å²) in [5.74, 6) is 0.214. The number of hydrogen-bond acceptors (Lipinski definition) is 6. The van der Waals surface area contributed by atoms with E-state index in [2.05, 4.69) is 5.32 Å². The molecule has 0 unspecified atom stereocenters. The molecule has 0 aromatic heterocycles. The number of ether oxygens (including phenoxy) is 2. The number of hydrogen-bond donors (Lipinski definition) is 2. The average molecular weight is 255 g/mol. The third-order valence-electron chi connectivity index (χ3n) is 2.67. The number of nitrogens with one attached hydrogen (secondary N) is 2. The molecule has 1 aliphatic rings. The lowest BCUT2D eigenvalue weighted by Crippen LogP contribution is -2.43. The van der Waals surface area contributed by atoms with Crippen LogP contribution in [-0.4, -0.2) is 57.0 Å². The number of rotatable bonds is 6. The van der Waals surface area contributed by atoms with Crippen molar-refractivity contribution >= 4 is 12.2 Å². The Morgan fingerprint density at radius 2 is 2.39 bits per heavy atom. The van der Waals surface area contributed by atoms with Gasteiger partial charge in [-0.2, -0.15) is 0 Å². The minimum Gasteiger partial charge on any atom is -0.462 e. The van der Waals surface area contributed by atoms with Gasteiger partial charge < -0.3 is 25.1 Å². The largest absolute Gasteiger partial charge is 0.462 e. The molecule has 1 heterocycles. The van der Waals surface area contributed by atoms with Crippen LogP contribution in [0.1, 0.15) is 13.3 Å². The van der Waals surface area contributed by atoms with Gasteiger partial charge in [-0.15, -0.1) is 0 Å². The van der Waals surface area contributed by atoms with Gasteiger partial charge in [0, 0.05) is 33.0 Å². The Labute approximate surface area is 107 Å². The summed E-state index contributed by atoms with van der Waals surface area (Å²) in [5.41, 5.74) is 0.271. The molecule has 18 heavy (non-hydrogen) atoms. The van der Waals surface area contributed by atoms with Gasteiger partial charge in [-0.05, 0) is 13.3 Å². The van der Waals surface area contributed by atoms with Crippen LogP contribution in [-0.2, 0) is 14.3 Å². The zero-order chi connectivity index (χ0) is 13.4. The van der Waals surface area contributed by atoms with Gasteiger partial charge in [0.25, 0.3) is 0 Å². The fourth-order valence-corrected chi connectivity index (χ4v) is 1.82. The number of esters is 1. The SMILES string of the molecule is CCOC(=O)/C(C=N)=C1/NCCCN1CCOC. The third kappa shape index (κ3) is 3.73. The first-order chi connectivity index (χ1) is 8.74. The molecule has 0 saturated carbocycles. The lowest BCUT2D eigenvalue weighted by Gasteiger charge is -2.33. The lowest BCUT2D eigenvalue weighted by atomic mass is 10.2. The van der Waals surface area contributed by atoms with Crippen LogP contribution in [0.25, 0.3) is 0 Å². The lowest BCUT2D eigenvalue weighted by molar-refractivity contribution is -0.138. The zero-order valence-corrected chi connectivity index (χ0v) is 11.0. The quantitative estimate of drug-likeness (QED) is 0.407. The summed E-state index contributed by atoms with van der Waals surface area (Å²) in [7, 11) is 1.64. The number of methoxy groups -OCH3 is 1. The van der Waals surface area contributed by atoms with Crippen LogP contribution in [0, 0.1) is 5.41 Å². The maximum absolute atomic E-state index is 11.8. The van der Waals surface area contributed by atoms with Gasteiger partial charge in [-0.25, -0.2) is 4.79 Å². The molecule has 2 N–H and O–H groups in total. The topological polar surface area (TPSA) is 74.7 Å². The molecule has 0 radical (unpaired) electrons. The Bertz CT molecular complexity index is 329. The Balaban J connectivity index is 2.88. The van der Waals surface area contributed by atoms with E-state index in [1.54, 1.807) is 14.0 Å². The highest BCUT2D eigenvalue weighted by molar-refractivity contribution is 6.09. The average Bonchev–Trinajstić information content (AvgIpc) is 2.39. The second-order valence-electron chi connectivity index (χ2n) is 3.89. The van der Waals surface area contributed by atoms with E-state index < -0.39 is 5.97 Å². The van der Waals surface area contributed by atoms with Crippen LogP contribution in [0.2, 0.25) is 0 Å². The Morgan fingerprint density at radius 3 is 3.00 bits per heavy atom. The maximum atomic E-state index is 11.8. The van der Waals surface area contributed by atoms with Crippen molar-refractivity contribution in [2.24, 2.45) is 0 Å². The van der Waals surface area contributed by atoms with E-state index >= 15 is 0 Å². The van der Waals surface area contributed by atoms with Crippen molar-refractivity contribution in [3.63, 3.8) is 0 Å². The van der Waals surface area contributed by atoms with Crippen LogP contribution in [0.4, 0.5) is 0 Å². The van der Waals surface area contributed by atoms with Crippen LogP contribution < -0.4 is 5.32 Å². The summed E-state index contributed by atoms with van der Waals surface area (Å²) in [5, 5.41) is 10.6. The first-order valence-corrected chi connectivity index (χ1v) is 6.14. The summed E-state index contributed by atoms with van der Waals surface area (Å²) in [6, 6.07) is 0. The molecule has 0 aromatic rings. The summed E-state index contributed by atoms with van der Waals surface area (Å²) in [6.07, 6.45) is 2.05. The van der Waals surface area contributed by atoms with Crippen molar-refractivity contribution in [3.8, 4) is 0 Å². The normalized spacial score (nSPS) is 18.0. The predicted molar refractivity (Wildman–Crippen MR) is 68.5 cm³/mol. The van der Waals surface area contributed by atoms with E-state index in [0.717, 1.165) is 25.7 Å². The van der Waals surface area contributed by atoms with E-state index in [0.29, 0.717) is 25.6 Å². The molecule has 6 heteroatoms. The molecule has 1 fully saturated rings. The highest BCUT2D eigenvalue weighted by atomic mass is 16.5. The van der Waals surface area contributed by atoms with Crippen LogP contribution in [0.15, 0.2) is 11.4 Å². The summed E-state index contributed by atoms with van der Waals surface area (Å²) in [6.45, 7) is 4.98. The Kier molecular flexibility index (Phi) is 6.21. The van der Waals surface area contributed by atoms with Crippen LogP contribution >= 0.6 is 0 Å². The zero-order valence-electron chi connectivity index (χ0n) is 11.0. The molecule has 0 aliphatic carbocycles. The molecule has 1 aliphatic heterocycles. The van der Waals surface area contributed by atoms with Gasteiger partial charge >= 0.3 is 5.97 Å². The fraction of sp³-hybridized carbons (Fsp3) is 0.667. The summed E-state index contributed by atoms with van der Waals surface area (Å²) >= 11 is 0. The van der Waals surface area contributed by atoms with Crippen molar-refractivity contribution < 1.29 is 14.3 Å². The van der Waals surface area contributed by atoms with Gasteiger partial charge in [0.1, 0.15) is 11.4 Å². The molecule has 102 valence electrons. The molecule has 6 nitrogen and oxygen atoms in total. The molecule has 0 amide bonds. The van der Waals surface area contributed by atoms with Gasteiger partial charge in [0.2, 0.25) is 0 Å². The molecule has 0 bridgehead atoms. The van der Waals surface area contributed by atoms with Gasteiger partial charge in [0.15, 0.2) is 0 Å². The molecule has 1 saturated heterocycles. The van der Waals surface area contributed by atoms with Crippen LogP contribution in [0.5, 0.6) is 0 Å². The van der Waals surface area contributed by atoms with E-state index in [9.17, 15) is 4.79 Å². The number of carbonyl (C=O) groups is 1. The first-order valence-electron chi connectivity index (χ1n) is 6.14. The summed E-state index contributed by atoms with van der Waals surface area (Å²) in [4.78, 5) is 13.8. The van der Waals surface area contributed by atoms with E-state index in [-0.39, 0.29) is 5.57 Å². The highest BCUT2D eigenvalue weighted by Gasteiger charge is 2.22. The molecule has 0 spiro atoms. The van der Waals surface area contributed by atoms with Gasteiger partial charge in [0.05, 0.1) is 13.2 Å². The molecule has 0 aromatic carbocycles. The van der Waals surface area contributed by atoms with Crippen LogP contribution in [0.3, 0.4) is 0 Å². The van der Waals surface area contributed by atoms with Crippen molar-refractivity contribution in [1.29, 1.82) is 5.41 Å². The van der Waals surface area contributed by atoms with Crippen molar-refractivity contribution in [2.45, 2.75) is 13.3 Å². The summed E-state index contributed by atoms with van der Waals surface area (Å²) < 4.78 is 10.0. The third-order valence-corrected chi connectivity index (χ3v) is 2.67.